The smallest absolute Gasteiger partial charge is 0.243 e. The van der Waals surface area contributed by atoms with Crippen LogP contribution in [0.25, 0.3) is 0 Å². The summed E-state index contributed by atoms with van der Waals surface area (Å²) in [5.41, 5.74) is 5.38. The standard InChI is InChI=1S/C10H11Cl2N3O3/c11-6-1-5(2-7(12)10(6)18)15-9(17)4-14-8(16)3-13/h1-2,18H,3-4,13H2,(H,14,16)(H,15,17). The van der Waals surface area contributed by atoms with Crippen molar-refractivity contribution in [1.82, 2.24) is 5.32 Å². The van der Waals surface area contributed by atoms with Gasteiger partial charge in [-0.3, -0.25) is 9.59 Å². The van der Waals surface area contributed by atoms with Gasteiger partial charge < -0.3 is 21.5 Å². The highest BCUT2D eigenvalue weighted by molar-refractivity contribution is 6.37. The maximum Gasteiger partial charge on any atom is 0.243 e. The summed E-state index contributed by atoms with van der Waals surface area (Å²) in [7, 11) is 0. The SMILES string of the molecule is NCC(=O)NCC(=O)Nc1cc(Cl)c(O)c(Cl)c1. The molecule has 0 aliphatic heterocycles. The van der Waals surface area contributed by atoms with Crippen LogP contribution < -0.4 is 16.4 Å². The first kappa shape index (κ1) is 14.6. The van der Waals surface area contributed by atoms with Crippen LogP contribution in [-0.4, -0.2) is 30.0 Å². The minimum absolute atomic E-state index is 0.0174. The molecule has 0 atom stereocenters. The van der Waals surface area contributed by atoms with Gasteiger partial charge in [-0.15, -0.1) is 0 Å². The molecule has 0 saturated carbocycles. The number of nitrogens with one attached hydrogen (secondary N) is 2. The molecule has 0 heterocycles. The van der Waals surface area contributed by atoms with Crippen molar-refractivity contribution in [3.05, 3.63) is 22.2 Å². The molecule has 6 nitrogen and oxygen atoms in total. The fraction of sp³-hybridized carbons (Fsp3) is 0.200. The topological polar surface area (TPSA) is 104 Å². The molecular formula is C10H11Cl2N3O3. The largest absolute Gasteiger partial charge is 0.505 e. The van der Waals surface area contributed by atoms with Gasteiger partial charge in [-0.05, 0) is 12.1 Å². The van der Waals surface area contributed by atoms with Crippen molar-refractivity contribution in [3.8, 4) is 5.75 Å². The Labute approximate surface area is 113 Å². The van der Waals surface area contributed by atoms with Crippen LogP contribution >= 0.6 is 23.2 Å². The Balaban J connectivity index is 2.62. The number of aromatic hydroxyl groups is 1. The lowest BCUT2D eigenvalue weighted by Gasteiger charge is -2.08. The Bertz CT molecular complexity index is 456. The van der Waals surface area contributed by atoms with E-state index in [0.717, 1.165) is 0 Å². The summed E-state index contributed by atoms with van der Waals surface area (Å²) in [5.74, 6) is -1.16. The van der Waals surface area contributed by atoms with Gasteiger partial charge in [0, 0.05) is 5.69 Å². The molecule has 8 heteroatoms. The number of nitrogens with two attached hydrogens (primary N) is 1. The summed E-state index contributed by atoms with van der Waals surface area (Å²) in [6.45, 7) is -0.406. The number of carbonyl (C=O) groups excluding carboxylic acids is 2. The van der Waals surface area contributed by atoms with Gasteiger partial charge in [-0.25, -0.2) is 0 Å². The highest BCUT2D eigenvalue weighted by Crippen LogP contribution is 2.34. The van der Waals surface area contributed by atoms with Crippen molar-refractivity contribution in [2.75, 3.05) is 18.4 Å². The van der Waals surface area contributed by atoms with Crippen LogP contribution in [0.5, 0.6) is 5.75 Å². The normalized spacial score (nSPS) is 9.94. The first-order chi connectivity index (χ1) is 8.43. The van der Waals surface area contributed by atoms with Gasteiger partial charge in [0.15, 0.2) is 5.75 Å². The molecule has 0 aromatic heterocycles. The van der Waals surface area contributed by atoms with Crippen LogP contribution in [0.3, 0.4) is 0 Å². The zero-order valence-electron chi connectivity index (χ0n) is 9.17. The number of carbonyl (C=O) groups is 2. The van der Waals surface area contributed by atoms with Crippen molar-refractivity contribution in [2.24, 2.45) is 5.73 Å². The average Bonchev–Trinajstić information content (AvgIpc) is 2.32. The molecule has 1 rings (SSSR count). The lowest BCUT2D eigenvalue weighted by molar-refractivity contribution is -0.123. The Morgan fingerprint density at radius 2 is 1.78 bits per heavy atom. The van der Waals surface area contributed by atoms with E-state index >= 15 is 0 Å². The maximum atomic E-state index is 11.4. The first-order valence-electron chi connectivity index (χ1n) is 4.88. The second kappa shape index (κ2) is 6.44. The number of anilines is 1. The molecule has 0 unspecified atom stereocenters. The molecule has 0 radical (unpaired) electrons. The second-order valence-electron chi connectivity index (χ2n) is 3.32. The Morgan fingerprint density at radius 3 is 2.28 bits per heavy atom. The van der Waals surface area contributed by atoms with Gasteiger partial charge in [0.05, 0.1) is 23.1 Å². The Kier molecular flexibility index (Phi) is 5.21. The third kappa shape index (κ3) is 4.06. The van der Waals surface area contributed by atoms with E-state index in [1.807, 2.05) is 0 Å². The van der Waals surface area contributed by atoms with Crippen molar-refractivity contribution >= 4 is 40.7 Å². The third-order valence-corrected chi connectivity index (χ3v) is 2.51. The molecule has 0 bridgehead atoms. The van der Waals surface area contributed by atoms with Crippen molar-refractivity contribution in [2.45, 2.75) is 0 Å². The number of phenols is 1. The van der Waals surface area contributed by atoms with E-state index in [1.165, 1.54) is 12.1 Å². The first-order valence-corrected chi connectivity index (χ1v) is 5.64. The number of hydrogen-bond acceptors (Lipinski definition) is 4. The molecule has 0 fully saturated rings. The lowest BCUT2D eigenvalue weighted by atomic mass is 10.3. The van der Waals surface area contributed by atoms with Gasteiger partial charge in [0.25, 0.3) is 0 Å². The summed E-state index contributed by atoms with van der Waals surface area (Å²) < 4.78 is 0. The summed E-state index contributed by atoms with van der Waals surface area (Å²) in [6, 6.07) is 2.68. The van der Waals surface area contributed by atoms with Gasteiger partial charge >= 0.3 is 0 Å². The van der Waals surface area contributed by atoms with Crippen LogP contribution in [0.4, 0.5) is 5.69 Å². The lowest BCUT2D eigenvalue weighted by Crippen LogP contribution is -2.36. The van der Waals surface area contributed by atoms with Crippen molar-refractivity contribution < 1.29 is 14.7 Å². The van der Waals surface area contributed by atoms with Crippen LogP contribution in [-0.2, 0) is 9.59 Å². The molecule has 0 aliphatic rings. The predicted octanol–water partition coefficient (Wildman–Crippen LogP) is 0.712. The number of hydrogen-bond donors (Lipinski definition) is 4. The molecule has 0 aliphatic carbocycles. The molecule has 0 saturated heterocycles. The minimum Gasteiger partial charge on any atom is -0.505 e. The fourth-order valence-electron chi connectivity index (χ4n) is 1.09. The average molecular weight is 292 g/mol. The van der Waals surface area contributed by atoms with Crippen molar-refractivity contribution in [1.29, 1.82) is 0 Å². The molecule has 1 aromatic rings. The van der Waals surface area contributed by atoms with Crippen LogP contribution in [0, 0.1) is 0 Å². The van der Waals surface area contributed by atoms with E-state index in [0.29, 0.717) is 5.69 Å². The van der Waals surface area contributed by atoms with E-state index in [2.05, 4.69) is 10.6 Å². The van der Waals surface area contributed by atoms with Gasteiger partial charge in [0.1, 0.15) is 0 Å². The van der Waals surface area contributed by atoms with Crippen LogP contribution in [0.2, 0.25) is 10.0 Å². The predicted molar refractivity (Wildman–Crippen MR) is 68.8 cm³/mol. The van der Waals surface area contributed by atoms with Crippen molar-refractivity contribution in [3.63, 3.8) is 0 Å². The summed E-state index contributed by atoms with van der Waals surface area (Å²) in [6.07, 6.45) is 0. The molecule has 2 amide bonds. The summed E-state index contributed by atoms with van der Waals surface area (Å²) in [5, 5.41) is 14.1. The number of phenolic OH excluding ortho intramolecular Hbond substituents is 1. The van der Waals surface area contributed by atoms with E-state index < -0.39 is 11.8 Å². The highest BCUT2D eigenvalue weighted by atomic mass is 35.5. The third-order valence-electron chi connectivity index (χ3n) is 1.93. The second-order valence-corrected chi connectivity index (χ2v) is 4.13. The zero-order valence-corrected chi connectivity index (χ0v) is 10.7. The molecule has 18 heavy (non-hydrogen) atoms. The maximum absolute atomic E-state index is 11.4. The summed E-state index contributed by atoms with van der Waals surface area (Å²) >= 11 is 11.4. The molecule has 0 spiro atoms. The number of rotatable bonds is 4. The number of halogens is 2. The Morgan fingerprint density at radius 1 is 1.22 bits per heavy atom. The number of benzene rings is 1. The molecule has 5 N–H and O–H groups in total. The fourth-order valence-corrected chi connectivity index (χ4v) is 1.58. The van der Waals surface area contributed by atoms with Crippen LogP contribution in [0.1, 0.15) is 0 Å². The van der Waals surface area contributed by atoms with E-state index in [1.54, 1.807) is 0 Å². The molecular weight excluding hydrogens is 281 g/mol. The van der Waals surface area contributed by atoms with E-state index in [9.17, 15) is 14.7 Å². The Hall–Kier alpha value is -1.50. The highest BCUT2D eigenvalue weighted by Gasteiger charge is 2.09. The van der Waals surface area contributed by atoms with Crippen LogP contribution in [0.15, 0.2) is 12.1 Å². The van der Waals surface area contributed by atoms with E-state index in [4.69, 9.17) is 28.9 Å². The molecule has 98 valence electrons. The quantitative estimate of drug-likeness (QED) is 0.613. The molecule has 1 aromatic carbocycles. The van der Waals surface area contributed by atoms with E-state index in [-0.39, 0.29) is 28.9 Å². The van der Waals surface area contributed by atoms with Gasteiger partial charge in [-0.1, -0.05) is 23.2 Å². The monoisotopic (exact) mass is 291 g/mol. The van der Waals surface area contributed by atoms with Gasteiger partial charge in [-0.2, -0.15) is 0 Å². The zero-order chi connectivity index (χ0) is 13.7. The van der Waals surface area contributed by atoms with Gasteiger partial charge in [0.2, 0.25) is 11.8 Å². The summed E-state index contributed by atoms with van der Waals surface area (Å²) in [4.78, 5) is 22.3. The number of amides is 2. The minimum atomic E-state index is -0.463.